The molecule has 2 aliphatic rings. The largest absolute Gasteiger partial charge is 0.387 e. The van der Waals surface area contributed by atoms with Crippen molar-refractivity contribution < 1.29 is 27.5 Å². The second-order valence-electron chi connectivity index (χ2n) is 8.40. The van der Waals surface area contributed by atoms with Gasteiger partial charge in [0.15, 0.2) is 0 Å². The van der Waals surface area contributed by atoms with Gasteiger partial charge in [-0.1, -0.05) is 0 Å². The number of carbonyl (C=O) groups excluding carboxylic acids is 1. The van der Waals surface area contributed by atoms with Crippen LogP contribution in [0.25, 0.3) is 0 Å². The predicted octanol–water partition coefficient (Wildman–Crippen LogP) is 3.46. The highest BCUT2D eigenvalue weighted by molar-refractivity contribution is 5.90. The minimum atomic E-state index is -3.53. The summed E-state index contributed by atoms with van der Waals surface area (Å²) in [6.45, 7) is 0.237. The first-order chi connectivity index (χ1) is 15.1. The number of carbonyl (C=O) groups is 1. The SMILES string of the molecule is C[C@@H]1Cc2nn3c(c2CN1C(=O)Nc1ccc(F)c(C#N)c1)C(F)(F)C[C@](O)(CF)CC3. The third-order valence-corrected chi connectivity index (χ3v) is 6.02. The van der Waals surface area contributed by atoms with Gasteiger partial charge in [-0.3, -0.25) is 4.68 Å². The van der Waals surface area contributed by atoms with Crippen LogP contribution in [-0.4, -0.2) is 44.1 Å². The van der Waals surface area contributed by atoms with E-state index in [1.165, 1.54) is 17.0 Å². The van der Waals surface area contributed by atoms with E-state index in [9.17, 15) is 18.7 Å². The van der Waals surface area contributed by atoms with Crippen molar-refractivity contribution >= 4 is 11.7 Å². The summed E-state index contributed by atoms with van der Waals surface area (Å²) in [6.07, 6.45) is -1.03. The lowest BCUT2D eigenvalue weighted by molar-refractivity contribution is -0.102. The number of nitrogens with one attached hydrogen (secondary N) is 1. The normalized spacial score (nSPS) is 24.2. The third kappa shape index (κ3) is 3.79. The number of rotatable bonds is 2. The predicted molar refractivity (Wildman–Crippen MR) is 105 cm³/mol. The smallest absolute Gasteiger partial charge is 0.322 e. The van der Waals surface area contributed by atoms with Crippen LogP contribution >= 0.6 is 0 Å². The van der Waals surface area contributed by atoms with Crippen molar-refractivity contribution in [3.8, 4) is 6.07 Å². The molecule has 0 radical (unpaired) electrons. The van der Waals surface area contributed by atoms with E-state index < -0.39 is 42.2 Å². The molecule has 0 spiro atoms. The Labute approximate surface area is 181 Å². The summed E-state index contributed by atoms with van der Waals surface area (Å²) in [7, 11) is 0. The molecule has 2 amide bonds. The topological polar surface area (TPSA) is 94.2 Å². The first-order valence-electron chi connectivity index (χ1n) is 10.1. The Bertz CT molecular complexity index is 1110. The zero-order valence-electron chi connectivity index (χ0n) is 17.2. The number of nitriles is 1. The number of aliphatic hydroxyl groups is 1. The number of nitrogens with zero attached hydrogens (tertiary/aromatic N) is 4. The maximum atomic E-state index is 15.1. The van der Waals surface area contributed by atoms with Gasteiger partial charge < -0.3 is 15.3 Å². The van der Waals surface area contributed by atoms with E-state index in [0.29, 0.717) is 5.69 Å². The zero-order valence-corrected chi connectivity index (χ0v) is 17.2. The van der Waals surface area contributed by atoms with Crippen LogP contribution in [0.1, 0.15) is 42.3 Å². The molecule has 2 aromatic rings. The molecule has 0 bridgehead atoms. The van der Waals surface area contributed by atoms with Gasteiger partial charge in [0.25, 0.3) is 5.92 Å². The molecule has 2 atom stereocenters. The summed E-state index contributed by atoms with van der Waals surface area (Å²) in [5.74, 6) is -4.25. The number of halogens is 4. The summed E-state index contributed by atoms with van der Waals surface area (Å²) >= 11 is 0. The lowest BCUT2D eigenvalue weighted by Crippen LogP contribution is -2.45. The molecule has 0 aliphatic carbocycles. The number of hydrogen-bond acceptors (Lipinski definition) is 4. The van der Waals surface area contributed by atoms with E-state index in [0.717, 1.165) is 10.7 Å². The molecular formula is C21H21F4N5O2. The number of aromatic nitrogens is 2. The van der Waals surface area contributed by atoms with Crippen molar-refractivity contribution in [2.75, 3.05) is 12.0 Å². The Balaban J connectivity index is 1.62. The third-order valence-electron chi connectivity index (χ3n) is 6.02. The average Bonchev–Trinajstić information content (AvgIpc) is 3.06. The second kappa shape index (κ2) is 7.78. The highest BCUT2D eigenvalue weighted by atomic mass is 19.3. The molecule has 32 heavy (non-hydrogen) atoms. The van der Waals surface area contributed by atoms with Crippen LogP contribution in [0.3, 0.4) is 0 Å². The number of hydrogen-bond donors (Lipinski definition) is 2. The number of anilines is 1. The van der Waals surface area contributed by atoms with Crippen molar-refractivity contribution in [3.63, 3.8) is 0 Å². The van der Waals surface area contributed by atoms with Crippen LogP contribution in [0.5, 0.6) is 0 Å². The lowest BCUT2D eigenvalue weighted by Gasteiger charge is -2.34. The molecule has 0 unspecified atom stereocenters. The van der Waals surface area contributed by atoms with E-state index >= 15 is 8.78 Å². The van der Waals surface area contributed by atoms with Gasteiger partial charge >= 0.3 is 6.03 Å². The fraction of sp³-hybridized carbons (Fsp3) is 0.476. The Kier molecular flexibility index (Phi) is 5.36. The Morgan fingerprint density at radius 2 is 2.19 bits per heavy atom. The van der Waals surface area contributed by atoms with Crippen molar-refractivity contribution in [1.82, 2.24) is 14.7 Å². The quantitative estimate of drug-likeness (QED) is 0.684. The fourth-order valence-electron chi connectivity index (χ4n) is 4.34. The summed E-state index contributed by atoms with van der Waals surface area (Å²) in [4.78, 5) is 14.2. The number of aryl methyl sites for hydroxylation is 1. The standard InChI is InChI=1S/C21H21F4N5O2/c1-12-6-17-15(18-21(24,25)10-20(32,11-22)4-5-30(18)28-17)9-29(12)19(31)27-14-2-3-16(23)13(7-14)8-26/h2-3,7,12,32H,4-6,9-11H2,1H3,(H,27,31)/t12-,20+/m1/s1. The Morgan fingerprint density at radius 1 is 1.44 bits per heavy atom. The molecule has 4 rings (SSSR count). The Hall–Kier alpha value is -3.13. The van der Waals surface area contributed by atoms with Crippen LogP contribution in [0, 0.1) is 17.1 Å². The van der Waals surface area contributed by atoms with Crippen LogP contribution in [0.2, 0.25) is 0 Å². The van der Waals surface area contributed by atoms with Gasteiger partial charge in [0.05, 0.1) is 17.8 Å². The minimum Gasteiger partial charge on any atom is -0.387 e. The van der Waals surface area contributed by atoms with Crippen molar-refractivity contribution in [1.29, 1.82) is 5.26 Å². The highest BCUT2D eigenvalue weighted by Gasteiger charge is 2.50. The Morgan fingerprint density at radius 3 is 2.88 bits per heavy atom. The molecule has 170 valence electrons. The molecule has 0 saturated carbocycles. The number of alkyl halides is 3. The van der Waals surface area contributed by atoms with E-state index in [1.54, 1.807) is 13.0 Å². The molecule has 7 nitrogen and oxygen atoms in total. The molecule has 11 heteroatoms. The highest BCUT2D eigenvalue weighted by Crippen LogP contribution is 2.44. The maximum Gasteiger partial charge on any atom is 0.322 e. The molecule has 0 saturated heterocycles. The molecule has 0 fully saturated rings. The fourth-order valence-corrected chi connectivity index (χ4v) is 4.34. The van der Waals surface area contributed by atoms with Crippen molar-refractivity contribution in [3.05, 3.63) is 46.5 Å². The van der Waals surface area contributed by atoms with E-state index in [4.69, 9.17) is 5.26 Å². The van der Waals surface area contributed by atoms with Crippen molar-refractivity contribution in [2.24, 2.45) is 0 Å². The van der Waals surface area contributed by atoms with Gasteiger partial charge in [-0.2, -0.15) is 19.1 Å². The van der Waals surface area contributed by atoms with Gasteiger partial charge in [0.1, 0.15) is 29.9 Å². The summed E-state index contributed by atoms with van der Waals surface area (Å²) in [6, 6.07) is 4.25. The first-order valence-corrected chi connectivity index (χ1v) is 10.1. The molecule has 2 aliphatic heterocycles. The monoisotopic (exact) mass is 451 g/mol. The molecular weight excluding hydrogens is 430 g/mol. The maximum absolute atomic E-state index is 15.1. The number of amides is 2. The van der Waals surface area contributed by atoms with Gasteiger partial charge in [-0.05, 0) is 31.5 Å². The van der Waals surface area contributed by atoms with Gasteiger partial charge in [0, 0.05) is 36.7 Å². The molecule has 1 aromatic heterocycles. The van der Waals surface area contributed by atoms with E-state index in [-0.39, 0.29) is 48.8 Å². The van der Waals surface area contributed by atoms with Crippen LogP contribution in [-0.2, 0) is 25.4 Å². The average molecular weight is 451 g/mol. The molecule has 1 aromatic carbocycles. The van der Waals surface area contributed by atoms with Crippen LogP contribution in [0.4, 0.5) is 28.0 Å². The lowest BCUT2D eigenvalue weighted by atomic mass is 9.91. The zero-order chi connectivity index (χ0) is 23.3. The van der Waals surface area contributed by atoms with Gasteiger partial charge in [-0.15, -0.1) is 0 Å². The van der Waals surface area contributed by atoms with Gasteiger partial charge in [-0.25, -0.2) is 13.6 Å². The number of fused-ring (bicyclic) bond motifs is 3. The minimum absolute atomic E-state index is 0.0641. The van der Waals surface area contributed by atoms with E-state index in [2.05, 4.69) is 10.4 Å². The van der Waals surface area contributed by atoms with Gasteiger partial charge in [0.2, 0.25) is 0 Å². The van der Waals surface area contributed by atoms with E-state index in [1.807, 2.05) is 0 Å². The van der Waals surface area contributed by atoms with Crippen LogP contribution < -0.4 is 5.32 Å². The number of benzene rings is 1. The number of urea groups is 1. The van der Waals surface area contributed by atoms with Crippen LogP contribution in [0.15, 0.2) is 18.2 Å². The first kappa shape index (κ1) is 22.1. The second-order valence-corrected chi connectivity index (χ2v) is 8.40. The summed E-state index contributed by atoms with van der Waals surface area (Å²) < 4.78 is 58.1. The molecule has 2 N–H and O–H groups in total. The summed E-state index contributed by atoms with van der Waals surface area (Å²) in [5, 5.41) is 26.0. The van der Waals surface area contributed by atoms with Crippen molar-refractivity contribution in [2.45, 2.75) is 56.8 Å². The molecule has 3 heterocycles. The summed E-state index contributed by atoms with van der Waals surface area (Å²) in [5.41, 5.74) is -1.97.